The summed E-state index contributed by atoms with van der Waals surface area (Å²) >= 11 is 0. The van der Waals surface area contributed by atoms with Crippen LogP contribution in [0.3, 0.4) is 0 Å². The van der Waals surface area contributed by atoms with Crippen LogP contribution in [-0.2, 0) is 24.9 Å². The summed E-state index contributed by atoms with van der Waals surface area (Å²) in [4.78, 5) is 17.2. The Morgan fingerprint density at radius 1 is 1.21 bits per heavy atom. The monoisotopic (exact) mass is 396 g/mol. The van der Waals surface area contributed by atoms with Crippen LogP contribution < -0.4 is 16.0 Å². The smallest absolute Gasteiger partial charge is 0.227 e. The molecule has 3 N–H and O–H groups in total. The van der Waals surface area contributed by atoms with Gasteiger partial charge in [-0.15, -0.1) is 0 Å². The predicted molar refractivity (Wildman–Crippen MR) is 117 cm³/mol. The molecule has 0 unspecified atom stereocenters. The van der Waals surface area contributed by atoms with Crippen molar-refractivity contribution in [1.29, 1.82) is 0 Å². The van der Waals surface area contributed by atoms with Crippen LogP contribution in [0.2, 0.25) is 0 Å². The lowest BCUT2D eigenvalue weighted by Crippen LogP contribution is -2.37. The summed E-state index contributed by atoms with van der Waals surface area (Å²) in [6.45, 7) is 4.02. The molecule has 0 radical (unpaired) electrons. The lowest BCUT2D eigenvalue weighted by molar-refractivity contribution is -0.120. The molecule has 0 bridgehead atoms. The number of aromatic nitrogens is 2. The Bertz CT molecular complexity index is 822. The summed E-state index contributed by atoms with van der Waals surface area (Å²) in [6.07, 6.45) is 7.36. The first-order valence-corrected chi connectivity index (χ1v) is 10.5. The van der Waals surface area contributed by atoms with E-state index in [9.17, 15) is 4.79 Å². The molecule has 2 aromatic rings. The van der Waals surface area contributed by atoms with E-state index in [4.69, 9.17) is 0 Å². The summed E-state index contributed by atoms with van der Waals surface area (Å²) in [7, 11) is 1.92. The van der Waals surface area contributed by atoms with Gasteiger partial charge < -0.3 is 16.0 Å². The summed E-state index contributed by atoms with van der Waals surface area (Å²) < 4.78 is 1.84. The minimum atomic E-state index is 0.150. The largest absolute Gasteiger partial charge is 0.357 e. The van der Waals surface area contributed by atoms with E-state index in [-0.39, 0.29) is 11.8 Å². The van der Waals surface area contributed by atoms with E-state index in [1.54, 1.807) is 6.20 Å². The van der Waals surface area contributed by atoms with Crippen molar-refractivity contribution in [2.24, 2.45) is 18.0 Å². The summed E-state index contributed by atoms with van der Waals surface area (Å²) in [5.41, 5.74) is 2.99. The quantitative estimate of drug-likeness (QED) is 0.496. The Morgan fingerprint density at radius 2 is 2.03 bits per heavy atom. The van der Waals surface area contributed by atoms with Crippen LogP contribution in [0.15, 0.2) is 41.5 Å². The van der Waals surface area contributed by atoms with Gasteiger partial charge in [0.1, 0.15) is 0 Å². The van der Waals surface area contributed by atoms with E-state index in [0.29, 0.717) is 13.1 Å². The first-order chi connectivity index (χ1) is 14.2. The zero-order valence-corrected chi connectivity index (χ0v) is 17.4. The number of rotatable bonds is 7. The van der Waals surface area contributed by atoms with Crippen molar-refractivity contribution in [3.63, 3.8) is 0 Å². The van der Waals surface area contributed by atoms with Gasteiger partial charge in [-0.05, 0) is 43.5 Å². The summed E-state index contributed by atoms with van der Waals surface area (Å²) in [5.74, 6) is 1.06. The van der Waals surface area contributed by atoms with E-state index < -0.39 is 0 Å². The number of benzene rings is 1. The number of aliphatic imine (C=N–C) groups is 1. The molecule has 3 rings (SSSR count). The topological polar surface area (TPSA) is 83.3 Å². The number of carbonyl (C=O) groups is 1. The molecule has 1 aromatic heterocycles. The molecule has 1 aromatic carbocycles. The first-order valence-electron chi connectivity index (χ1n) is 10.5. The maximum atomic E-state index is 12.5. The van der Waals surface area contributed by atoms with Gasteiger partial charge in [-0.2, -0.15) is 5.10 Å². The lowest BCUT2D eigenvalue weighted by Gasteiger charge is -2.20. The highest BCUT2D eigenvalue weighted by atomic mass is 16.1. The fourth-order valence-electron chi connectivity index (χ4n) is 3.62. The molecule has 1 aliphatic carbocycles. The lowest BCUT2D eigenvalue weighted by atomic mass is 9.88. The van der Waals surface area contributed by atoms with Crippen molar-refractivity contribution in [3.8, 4) is 0 Å². The molecule has 1 amide bonds. The van der Waals surface area contributed by atoms with Crippen LogP contribution >= 0.6 is 0 Å². The standard InChI is InChI=1S/C22H32N6O/c1-3-23-22(25-16-20-12-13-26-28(20)2)24-15-17-8-7-11-19(14-17)27-21(29)18-9-5-4-6-10-18/h7-8,11-14,18H,3-6,9-10,15-16H2,1-2H3,(H,27,29)(H2,23,24,25). The highest BCUT2D eigenvalue weighted by Crippen LogP contribution is 2.25. The molecule has 1 aliphatic rings. The van der Waals surface area contributed by atoms with Crippen LogP contribution in [0.1, 0.15) is 50.3 Å². The van der Waals surface area contributed by atoms with Gasteiger partial charge in [-0.1, -0.05) is 31.4 Å². The Labute approximate surface area is 173 Å². The molecule has 1 heterocycles. The van der Waals surface area contributed by atoms with Gasteiger partial charge in [0.15, 0.2) is 5.96 Å². The number of hydrogen-bond donors (Lipinski definition) is 3. The number of hydrogen-bond acceptors (Lipinski definition) is 3. The summed E-state index contributed by atoms with van der Waals surface area (Å²) in [6, 6.07) is 9.94. The van der Waals surface area contributed by atoms with Crippen LogP contribution in [0, 0.1) is 5.92 Å². The third-order valence-corrected chi connectivity index (χ3v) is 5.29. The SMILES string of the molecule is CCNC(=NCc1cccc(NC(=O)C2CCCCC2)c1)NCc1ccnn1C. The number of aryl methyl sites for hydroxylation is 1. The van der Waals surface area contributed by atoms with Gasteiger partial charge in [-0.3, -0.25) is 9.48 Å². The third-order valence-electron chi connectivity index (χ3n) is 5.29. The second-order valence-electron chi connectivity index (χ2n) is 7.52. The molecule has 0 aliphatic heterocycles. The van der Waals surface area contributed by atoms with Crippen molar-refractivity contribution < 1.29 is 4.79 Å². The normalized spacial score (nSPS) is 15.2. The van der Waals surface area contributed by atoms with Gasteiger partial charge in [0.2, 0.25) is 5.91 Å². The minimum Gasteiger partial charge on any atom is -0.357 e. The fourth-order valence-corrected chi connectivity index (χ4v) is 3.62. The highest BCUT2D eigenvalue weighted by Gasteiger charge is 2.21. The van der Waals surface area contributed by atoms with Crippen LogP contribution in [0.5, 0.6) is 0 Å². The van der Waals surface area contributed by atoms with Crippen LogP contribution in [0.25, 0.3) is 0 Å². The number of carbonyl (C=O) groups excluding carboxylic acids is 1. The zero-order chi connectivity index (χ0) is 20.5. The Kier molecular flexibility index (Phi) is 7.67. The maximum absolute atomic E-state index is 12.5. The van der Waals surface area contributed by atoms with Crippen molar-refractivity contribution in [1.82, 2.24) is 20.4 Å². The van der Waals surface area contributed by atoms with Crippen molar-refractivity contribution >= 4 is 17.6 Å². The highest BCUT2D eigenvalue weighted by molar-refractivity contribution is 5.92. The second-order valence-corrected chi connectivity index (χ2v) is 7.52. The van der Waals surface area contributed by atoms with E-state index in [1.165, 1.54) is 6.42 Å². The number of nitrogens with one attached hydrogen (secondary N) is 3. The van der Waals surface area contributed by atoms with E-state index >= 15 is 0 Å². The molecule has 156 valence electrons. The average Bonchev–Trinajstić information content (AvgIpc) is 3.16. The maximum Gasteiger partial charge on any atom is 0.227 e. The first kappa shape index (κ1) is 20.9. The fraction of sp³-hybridized carbons (Fsp3) is 0.500. The van der Waals surface area contributed by atoms with Gasteiger partial charge in [-0.25, -0.2) is 4.99 Å². The molecule has 0 atom stereocenters. The molecule has 1 saturated carbocycles. The molecule has 0 saturated heterocycles. The second kappa shape index (κ2) is 10.6. The van der Waals surface area contributed by atoms with E-state index in [2.05, 4.69) is 26.0 Å². The Balaban J connectivity index is 1.58. The van der Waals surface area contributed by atoms with Crippen molar-refractivity contribution in [2.45, 2.75) is 52.1 Å². The van der Waals surface area contributed by atoms with Gasteiger partial charge in [0.05, 0.1) is 18.8 Å². The predicted octanol–water partition coefficient (Wildman–Crippen LogP) is 3.19. The number of amides is 1. The molecular formula is C22H32N6O. The van der Waals surface area contributed by atoms with Crippen LogP contribution in [-0.4, -0.2) is 28.2 Å². The van der Waals surface area contributed by atoms with Crippen molar-refractivity contribution in [3.05, 3.63) is 47.8 Å². The third kappa shape index (κ3) is 6.34. The zero-order valence-electron chi connectivity index (χ0n) is 17.4. The average molecular weight is 397 g/mol. The Hall–Kier alpha value is -2.83. The Morgan fingerprint density at radius 3 is 2.76 bits per heavy atom. The molecule has 29 heavy (non-hydrogen) atoms. The van der Waals surface area contributed by atoms with Gasteiger partial charge in [0, 0.05) is 31.4 Å². The number of anilines is 1. The molecule has 1 fully saturated rings. The molecule has 7 heteroatoms. The van der Waals surface area contributed by atoms with Crippen molar-refractivity contribution in [2.75, 3.05) is 11.9 Å². The summed E-state index contributed by atoms with van der Waals surface area (Å²) in [5, 5.41) is 13.9. The number of nitrogens with zero attached hydrogens (tertiary/aromatic N) is 3. The van der Waals surface area contributed by atoms with E-state index in [1.807, 2.05) is 49.0 Å². The van der Waals surface area contributed by atoms with E-state index in [0.717, 1.165) is 55.1 Å². The molecular weight excluding hydrogens is 364 g/mol. The van der Waals surface area contributed by atoms with Crippen LogP contribution in [0.4, 0.5) is 5.69 Å². The van der Waals surface area contributed by atoms with Gasteiger partial charge in [0.25, 0.3) is 0 Å². The number of guanidine groups is 1. The molecule has 7 nitrogen and oxygen atoms in total. The minimum absolute atomic E-state index is 0.150. The molecule has 0 spiro atoms. The van der Waals surface area contributed by atoms with Gasteiger partial charge >= 0.3 is 0 Å².